The van der Waals surface area contributed by atoms with Crippen LogP contribution in [0.15, 0.2) is 24.7 Å². The summed E-state index contributed by atoms with van der Waals surface area (Å²) in [6.45, 7) is 4.12. The molecule has 0 N–H and O–H groups in total. The Morgan fingerprint density at radius 2 is 1.86 bits per heavy atom. The fourth-order valence-corrected chi connectivity index (χ4v) is 2.60. The minimum Gasteiger partial charge on any atom is -0.495 e. The van der Waals surface area contributed by atoms with E-state index in [9.17, 15) is 0 Å². The van der Waals surface area contributed by atoms with E-state index in [0.29, 0.717) is 0 Å². The van der Waals surface area contributed by atoms with Gasteiger partial charge in [0.1, 0.15) is 5.75 Å². The van der Waals surface area contributed by atoms with Crippen LogP contribution in [-0.2, 0) is 7.05 Å². The van der Waals surface area contributed by atoms with Gasteiger partial charge in [-0.15, -0.1) is 0 Å². The summed E-state index contributed by atoms with van der Waals surface area (Å²) in [6.07, 6.45) is 5.62. The van der Waals surface area contributed by atoms with E-state index in [1.165, 1.54) is 0 Å². The summed E-state index contributed by atoms with van der Waals surface area (Å²) < 4.78 is 7.14. The zero-order chi connectivity index (χ0) is 14.8. The molecule has 6 heteroatoms. The van der Waals surface area contributed by atoms with E-state index in [2.05, 4.69) is 33.0 Å². The summed E-state index contributed by atoms with van der Waals surface area (Å²) >= 11 is 0. The zero-order valence-electron chi connectivity index (χ0n) is 12.8. The molecule has 0 bridgehead atoms. The molecule has 2 aromatic heterocycles. The van der Waals surface area contributed by atoms with Crippen LogP contribution >= 0.6 is 0 Å². The Bertz CT molecular complexity index is 616. The van der Waals surface area contributed by atoms with Gasteiger partial charge in [-0.25, -0.2) is 0 Å². The third-order valence-electron chi connectivity index (χ3n) is 3.90. The lowest BCUT2D eigenvalue weighted by Crippen LogP contribution is -2.44. The van der Waals surface area contributed by atoms with Crippen LogP contribution < -0.4 is 9.64 Å². The second-order valence-corrected chi connectivity index (χ2v) is 5.44. The van der Waals surface area contributed by atoms with E-state index in [4.69, 9.17) is 4.74 Å². The quantitative estimate of drug-likeness (QED) is 0.850. The molecule has 1 fully saturated rings. The van der Waals surface area contributed by atoms with Gasteiger partial charge in [0.2, 0.25) is 0 Å². The molecule has 3 rings (SSSR count). The molecule has 6 nitrogen and oxygen atoms in total. The fourth-order valence-electron chi connectivity index (χ4n) is 2.60. The molecule has 0 unspecified atom stereocenters. The first-order valence-electron chi connectivity index (χ1n) is 7.14. The van der Waals surface area contributed by atoms with Crippen LogP contribution in [0.5, 0.6) is 5.75 Å². The molecule has 3 heterocycles. The second-order valence-electron chi connectivity index (χ2n) is 5.44. The normalized spacial score (nSPS) is 16.2. The molecule has 0 saturated carbocycles. The maximum absolute atomic E-state index is 5.34. The maximum atomic E-state index is 5.34. The number of methoxy groups -OCH3 is 1. The molecule has 0 aliphatic carbocycles. The lowest BCUT2D eigenvalue weighted by molar-refractivity contribution is 0.312. The van der Waals surface area contributed by atoms with Crippen molar-refractivity contribution < 1.29 is 4.74 Å². The summed E-state index contributed by atoms with van der Waals surface area (Å²) in [7, 11) is 5.75. The van der Waals surface area contributed by atoms with Crippen molar-refractivity contribution in [3.05, 3.63) is 24.7 Å². The first kappa shape index (κ1) is 13.9. The first-order valence-corrected chi connectivity index (χ1v) is 7.14. The van der Waals surface area contributed by atoms with Crippen molar-refractivity contribution in [3.63, 3.8) is 0 Å². The van der Waals surface area contributed by atoms with Crippen LogP contribution in [0.3, 0.4) is 0 Å². The number of aryl methyl sites for hydroxylation is 1. The smallest absolute Gasteiger partial charge is 0.139 e. The van der Waals surface area contributed by atoms with Gasteiger partial charge in [0, 0.05) is 51.1 Å². The van der Waals surface area contributed by atoms with E-state index < -0.39 is 0 Å². The summed E-state index contributed by atoms with van der Waals surface area (Å²) in [4.78, 5) is 9.31. The van der Waals surface area contributed by atoms with Gasteiger partial charge in [-0.3, -0.25) is 9.67 Å². The van der Waals surface area contributed by atoms with E-state index in [1.807, 2.05) is 19.4 Å². The van der Waals surface area contributed by atoms with Crippen molar-refractivity contribution in [2.24, 2.45) is 7.05 Å². The number of anilines is 1. The summed E-state index contributed by atoms with van der Waals surface area (Å²) in [5.41, 5.74) is 3.12. The van der Waals surface area contributed by atoms with E-state index in [0.717, 1.165) is 48.9 Å². The van der Waals surface area contributed by atoms with E-state index >= 15 is 0 Å². The Morgan fingerprint density at radius 3 is 2.48 bits per heavy atom. The Hall–Kier alpha value is -2.08. The van der Waals surface area contributed by atoms with E-state index in [1.54, 1.807) is 18.0 Å². The van der Waals surface area contributed by atoms with Crippen LogP contribution in [0.1, 0.15) is 0 Å². The molecule has 0 spiro atoms. The van der Waals surface area contributed by atoms with Crippen LogP contribution in [0.4, 0.5) is 5.69 Å². The molecule has 2 aromatic rings. The summed E-state index contributed by atoms with van der Waals surface area (Å²) in [5.74, 6) is 0.788. The number of nitrogens with zero attached hydrogens (tertiary/aromatic N) is 5. The molecule has 0 atom stereocenters. The molecule has 0 amide bonds. The SMILES string of the molecule is COc1cnc(-c2cnn(C)c2)c(N2CCN(C)CC2)c1. The summed E-state index contributed by atoms with van der Waals surface area (Å²) in [6, 6.07) is 2.07. The van der Waals surface area contributed by atoms with Gasteiger partial charge in [0.15, 0.2) is 0 Å². The van der Waals surface area contributed by atoms with Gasteiger partial charge >= 0.3 is 0 Å². The largest absolute Gasteiger partial charge is 0.495 e. The number of aromatic nitrogens is 3. The lowest BCUT2D eigenvalue weighted by atomic mass is 10.1. The van der Waals surface area contributed by atoms with Gasteiger partial charge in [0.05, 0.1) is 30.9 Å². The predicted molar refractivity (Wildman–Crippen MR) is 82.7 cm³/mol. The highest BCUT2D eigenvalue weighted by Crippen LogP contribution is 2.32. The Balaban J connectivity index is 1.99. The number of piperazine rings is 1. The number of likely N-dealkylation sites (N-methyl/N-ethyl adjacent to an activating group) is 1. The number of pyridine rings is 1. The van der Waals surface area contributed by atoms with Crippen molar-refractivity contribution in [3.8, 4) is 17.0 Å². The van der Waals surface area contributed by atoms with Crippen LogP contribution in [0.25, 0.3) is 11.3 Å². The third-order valence-corrected chi connectivity index (χ3v) is 3.90. The Morgan fingerprint density at radius 1 is 1.10 bits per heavy atom. The molecule has 1 aliphatic rings. The van der Waals surface area contributed by atoms with Gasteiger partial charge in [0.25, 0.3) is 0 Å². The van der Waals surface area contributed by atoms with Crippen molar-refractivity contribution in [2.45, 2.75) is 0 Å². The number of ether oxygens (including phenoxy) is 1. The van der Waals surface area contributed by atoms with Crippen LogP contribution in [0, 0.1) is 0 Å². The van der Waals surface area contributed by atoms with Crippen molar-refractivity contribution >= 4 is 5.69 Å². The fraction of sp³-hybridized carbons (Fsp3) is 0.467. The highest BCUT2D eigenvalue weighted by Gasteiger charge is 2.20. The van der Waals surface area contributed by atoms with E-state index in [-0.39, 0.29) is 0 Å². The number of hydrogen-bond acceptors (Lipinski definition) is 5. The zero-order valence-corrected chi connectivity index (χ0v) is 12.8. The molecular formula is C15H21N5O. The van der Waals surface area contributed by atoms with Crippen LogP contribution in [-0.4, -0.2) is 60.0 Å². The highest BCUT2D eigenvalue weighted by molar-refractivity contribution is 5.75. The third kappa shape index (κ3) is 2.85. The lowest BCUT2D eigenvalue weighted by Gasteiger charge is -2.34. The molecule has 1 saturated heterocycles. The molecule has 21 heavy (non-hydrogen) atoms. The molecule has 0 aromatic carbocycles. The monoisotopic (exact) mass is 287 g/mol. The Labute approximate surface area is 124 Å². The first-order chi connectivity index (χ1) is 10.2. The summed E-state index contributed by atoms with van der Waals surface area (Å²) in [5, 5.41) is 4.25. The topological polar surface area (TPSA) is 46.4 Å². The second kappa shape index (κ2) is 5.73. The van der Waals surface area contributed by atoms with Gasteiger partial charge in [-0.05, 0) is 7.05 Å². The average molecular weight is 287 g/mol. The van der Waals surface area contributed by atoms with Crippen molar-refractivity contribution in [1.82, 2.24) is 19.7 Å². The minimum absolute atomic E-state index is 0.788. The molecule has 1 aliphatic heterocycles. The molecular weight excluding hydrogens is 266 g/mol. The molecule has 112 valence electrons. The van der Waals surface area contributed by atoms with Crippen molar-refractivity contribution in [1.29, 1.82) is 0 Å². The highest BCUT2D eigenvalue weighted by atomic mass is 16.5. The van der Waals surface area contributed by atoms with Crippen molar-refractivity contribution in [2.75, 3.05) is 45.2 Å². The average Bonchev–Trinajstić information content (AvgIpc) is 2.94. The maximum Gasteiger partial charge on any atom is 0.139 e. The minimum atomic E-state index is 0.788. The number of hydrogen-bond donors (Lipinski definition) is 0. The van der Waals surface area contributed by atoms with Crippen LogP contribution in [0.2, 0.25) is 0 Å². The molecule has 0 radical (unpaired) electrons. The number of rotatable bonds is 3. The predicted octanol–water partition coefficient (Wildman–Crippen LogP) is 1.24. The van der Waals surface area contributed by atoms with Gasteiger partial charge in [-0.2, -0.15) is 5.10 Å². The van der Waals surface area contributed by atoms with Gasteiger partial charge < -0.3 is 14.5 Å². The standard InChI is InChI=1S/C15H21N5O/c1-18-4-6-20(7-5-18)14-8-13(21-3)10-16-15(14)12-9-17-19(2)11-12/h8-11H,4-7H2,1-3H3. The van der Waals surface area contributed by atoms with Gasteiger partial charge in [-0.1, -0.05) is 0 Å². The Kier molecular flexibility index (Phi) is 3.79.